The first-order chi connectivity index (χ1) is 40.6. The van der Waals surface area contributed by atoms with Crippen LogP contribution in [0.25, 0.3) is 0 Å². The average Bonchev–Trinajstić information content (AvgIpc) is 3.58. The average molecular weight is 1220 g/mol. The third-order valence-corrected chi connectivity index (χ3v) is 15.0. The highest BCUT2D eigenvalue weighted by Crippen LogP contribution is 2.17. The highest BCUT2D eigenvalue weighted by molar-refractivity contribution is 5.99. The smallest absolute Gasteiger partial charge is 0.329 e. The molecular formula is C56H93N15O15. The molecule has 2 rings (SSSR count). The lowest BCUT2D eigenvalue weighted by molar-refractivity contribution is -0.157. The van der Waals surface area contributed by atoms with Crippen LogP contribution in [-0.2, 0) is 68.7 Å². The van der Waals surface area contributed by atoms with Crippen LogP contribution < -0.4 is 75.7 Å². The van der Waals surface area contributed by atoms with E-state index in [1.54, 1.807) is 48.6 Å². The van der Waals surface area contributed by atoms with Gasteiger partial charge in [0.2, 0.25) is 65.0 Å². The lowest BCUT2D eigenvalue weighted by Crippen LogP contribution is -2.63. The van der Waals surface area contributed by atoms with Crippen molar-refractivity contribution in [3.05, 3.63) is 35.9 Å². The Morgan fingerprint density at radius 1 is 0.628 bits per heavy atom. The molecule has 0 unspecified atom stereocenters. The zero-order chi connectivity index (χ0) is 65.0. The van der Waals surface area contributed by atoms with E-state index in [1.807, 2.05) is 30.3 Å². The normalized spacial score (nSPS) is 20.9. The summed E-state index contributed by atoms with van der Waals surface area (Å²) in [6, 6.07) is -6.06. The number of aliphatic imine (C=N–C) groups is 1. The molecule has 0 spiro atoms. The van der Waals surface area contributed by atoms with Crippen LogP contribution in [-0.4, -0.2) is 186 Å². The topological polar surface area (TPSA) is 477 Å². The first kappa shape index (κ1) is 74.1. The van der Waals surface area contributed by atoms with Gasteiger partial charge in [-0.2, -0.15) is 0 Å². The predicted molar refractivity (Wildman–Crippen MR) is 315 cm³/mol. The van der Waals surface area contributed by atoms with E-state index in [2.05, 4.69) is 63.5 Å². The lowest BCUT2D eigenvalue weighted by Gasteiger charge is -2.31. The molecule has 482 valence electrons. The number of aliphatic hydroxyl groups is 2. The van der Waals surface area contributed by atoms with Gasteiger partial charge in [0, 0.05) is 13.0 Å². The number of amides is 11. The Morgan fingerprint density at radius 3 is 1.71 bits per heavy atom. The quantitative estimate of drug-likeness (QED) is 0.0136. The number of hydrogen-bond donors (Lipinski definition) is 16. The third-order valence-electron chi connectivity index (χ3n) is 15.0. The van der Waals surface area contributed by atoms with Gasteiger partial charge in [0.05, 0.1) is 19.3 Å². The lowest BCUT2D eigenvalue weighted by atomic mass is 9.94. The van der Waals surface area contributed by atoms with Crippen molar-refractivity contribution in [2.75, 3.05) is 26.8 Å². The van der Waals surface area contributed by atoms with Gasteiger partial charge in [-0.25, -0.2) is 4.79 Å². The molecule has 0 bridgehead atoms. The van der Waals surface area contributed by atoms with Gasteiger partial charge < -0.3 is 90.6 Å². The molecule has 1 fully saturated rings. The maximum absolute atomic E-state index is 14.3. The van der Waals surface area contributed by atoms with E-state index in [4.69, 9.17) is 21.9 Å². The van der Waals surface area contributed by atoms with E-state index in [9.17, 15) is 67.7 Å². The number of nitrogens with one attached hydrogen (secondary N) is 11. The Labute approximate surface area is 501 Å². The number of esters is 1. The van der Waals surface area contributed by atoms with Crippen molar-refractivity contribution in [2.24, 2.45) is 39.9 Å². The largest absolute Gasteiger partial charge is 0.458 e. The summed E-state index contributed by atoms with van der Waals surface area (Å²) in [6.45, 7) is 12.0. The van der Waals surface area contributed by atoms with Crippen LogP contribution in [0.4, 0.5) is 0 Å². The number of guanidine groups is 1. The van der Waals surface area contributed by atoms with Crippen molar-refractivity contribution in [3.63, 3.8) is 0 Å². The molecule has 0 radical (unpaired) electrons. The van der Waals surface area contributed by atoms with Crippen molar-refractivity contribution in [1.29, 1.82) is 0 Å². The molecule has 1 aliphatic heterocycles. The summed E-state index contributed by atoms with van der Waals surface area (Å²) >= 11 is 0. The summed E-state index contributed by atoms with van der Waals surface area (Å²) in [6.07, 6.45) is -0.261. The van der Waals surface area contributed by atoms with Gasteiger partial charge in [-0.15, -0.1) is 0 Å². The molecule has 1 heterocycles. The van der Waals surface area contributed by atoms with Gasteiger partial charge in [-0.1, -0.05) is 91.1 Å². The molecule has 30 nitrogen and oxygen atoms in total. The molecule has 11 amide bonds. The monoisotopic (exact) mass is 1220 g/mol. The van der Waals surface area contributed by atoms with Gasteiger partial charge in [-0.05, 0) is 83.2 Å². The van der Waals surface area contributed by atoms with E-state index in [1.165, 1.54) is 20.8 Å². The van der Waals surface area contributed by atoms with E-state index >= 15 is 0 Å². The minimum Gasteiger partial charge on any atom is -0.458 e. The van der Waals surface area contributed by atoms with Crippen LogP contribution in [0.1, 0.15) is 119 Å². The van der Waals surface area contributed by atoms with Gasteiger partial charge in [-0.3, -0.25) is 57.7 Å². The molecule has 1 aliphatic rings. The van der Waals surface area contributed by atoms with Crippen molar-refractivity contribution in [1.82, 2.24) is 58.5 Å². The van der Waals surface area contributed by atoms with E-state index in [0.717, 1.165) is 5.56 Å². The fourth-order valence-corrected chi connectivity index (χ4v) is 8.75. The number of cyclic esters (lactones) is 1. The second-order valence-electron chi connectivity index (χ2n) is 21.6. The number of likely N-dealkylation sites (N-methyl/N-ethyl adjacent to an activating group) is 1. The molecule has 30 heteroatoms. The number of aliphatic hydroxyl groups excluding tert-OH is 2. The Bertz CT molecular complexity index is 2500. The number of aryl methyl sites for hydroxylation is 1. The summed E-state index contributed by atoms with van der Waals surface area (Å²) in [4.78, 5) is 167. The Morgan fingerprint density at radius 2 is 1.16 bits per heavy atom. The maximum Gasteiger partial charge on any atom is 0.329 e. The maximum atomic E-state index is 14.3. The number of hydrogen-bond acceptors (Lipinski definition) is 17. The van der Waals surface area contributed by atoms with Crippen LogP contribution in [0, 0.1) is 17.8 Å². The number of carbonyl (C=O) groups excluding carboxylic acids is 12. The number of ether oxygens (including phenoxy) is 1. The molecular weight excluding hydrogens is 1120 g/mol. The number of nitrogens with two attached hydrogens (primary N) is 3. The zero-order valence-electron chi connectivity index (χ0n) is 50.9. The zero-order valence-corrected chi connectivity index (χ0v) is 50.9. The minimum atomic E-state index is -1.83. The standard InChI is InChI=1S/C56H93N15O15/c1-11-28(4)41(52(82)67-39(27-73)51(81)71-44-33(9)86-55(85)43(30(6)13-3)70-48(78)36(20-17-25-61-56(58)59)64-45(75)32(8)63-54(44)84)69-53(83)42(29(5)12-2)68-49(79)37(23-24-40(57)74)65-50(80)38(26-72)66-46(76)31(7)62-47(77)35(60-10)22-21-34-18-15-14-16-19-34/h14-16,18-19,28-33,35-39,41-44,60,72-73H,11-13,17,20-27H2,1-10H3,(H2,57,74)(H,62,77)(H,63,84)(H,64,75)(H,65,80)(H,66,76)(H,67,82)(H,68,79)(H,69,83)(H,70,78)(H,71,81)(H4,58,59,61)/t28-,29+,30-,31-,32-,33-,35+,36-,37+,38-,39-,41-,42+,43-,44+/m0/s1. The molecule has 19 N–H and O–H groups in total. The molecule has 15 atom stereocenters. The summed E-state index contributed by atoms with van der Waals surface area (Å²) in [5.74, 6) is -13.0. The van der Waals surface area contributed by atoms with Crippen LogP contribution in [0.2, 0.25) is 0 Å². The third kappa shape index (κ3) is 24.2. The summed E-state index contributed by atoms with van der Waals surface area (Å²) in [7, 11) is 1.59. The van der Waals surface area contributed by atoms with E-state index in [0.29, 0.717) is 19.3 Å². The highest BCUT2D eigenvalue weighted by Gasteiger charge is 2.40. The summed E-state index contributed by atoms with van der Waals surface area (Å²) in [5, 5.41) is 48.6. The molecule has 86 heavy (non-hydrogen) atoms. The fourth-order valence-electron chi connectivity index (χ4n) is 8.75. The molecule has 1 aromatic carbocycles. The van der Waals surface area contributed by atoms with Crippen LogP contribution in [0.3, 0.4) is 0 Å². The second-order valence-corrected chi connectivity index (χ2v) is 21.6. The molecule has 1 aromatic rings. The summed E-state index contributed by atoms with van der Waals surface area (Å²) < 4.78 is 5.70. The number of primary amides is 1. The SMILES string of the molecule is CC[C@@H](C)[C@@H](NC(=O)[C@@H](CCC(N)=O)NC(=O)[C@H](CO)NC(=O)[C@H](C)NC(=O)[C@@H](CCc1ccccc1)NC)C(=O)N[C@H](C(=O)N[C@@H](CO)C(=O)N[C@H]1C(=O)N[C@@H](C)C(=O)N[C@@H](CCCN=C(N)N)C(=O)N[C@@H]([C@@H](C)CC)C(=O)O[C@H]1C)[C@@H](C)CC. The van der Waals surface area contributed by atoms with Gasteiger partial charge in [0.15, 0.2) is 5.96 Å². The first-order valence-electron chi connectivity index (χ1n) is 29.1. The van der Waals surface area contributed by atoms with Gasteiger partial charge in [0.25, 0.3) is 0 Å². The van der Waals surface area contributed by atoms with Crippen molar-refractivity contribution < 1.29 is 72.5 Å². The van der Waals surface area contributed by atoms with Crippen molar-refractivity contribution >= 4 is 76.9 Å². The molecule has 0 saturated carbocycles. The predicted octanol–water partition coefficient (Wildman–Crippen LogP) is -4.52. The number of rotatable bonds is 33. The van der Waals surface area contributed by atoms with E-state index in [-0.39, 0.29) is 38.2 Å². The number of carbonyl (C=O) groups is 12. The molecule has 0 aliphatic carbocycles. The number of nitrogens with zero attached hydrogens (tertiary/aromatic N) is 1. The van der Waals surface area contributed by atoms with Gasteiger partial charge >= 0.3 is 5.97 Å². The van der Waals surface area contributed by atoms with Crippen LogP contribution >= 0.6 is 0 Å². The number of benzene rings is 1. The summed E-state index contributed by atoms with van der Waals surface area (Å²) in [5.41, 5.74) is 17.3. The minimum absolute atomic E-state index is 0.0244. The Kier molecular flexibility index (Phi) is 32.3. The molecule has 0 aromatic heterocycles. The highest BCUT2D eigenvalue weighted by atomic mass is 16.5. The fraction of sp³-hybridized carbons (Fsp3) is 0.661. The second kappa shape index (κ2) is 37.4. The van der Waals surface area contributed by atoms with E-state index < -0.39 is 187 Å². The first-order valence-corrected chi connectivity index (χ1v) is 29.1. The van der Waals surface area contributed by atoms with Gasteiger partial charge in [0.1, 0.15) is 66.5 Å². The molecule has 1 saturated heterocycles. The van der Waals surface area contributed by atoms with Crippen LogP contribution in [0.15, 0.2) is 35.3 Å². The Hall–Kier alpha value is -7.99. The van der Waals surface area contributed by atoms with Crippen molar-refractivity contribution in [2.45, 2.75) is 193 Å². The Balaban J connectivity index is 2.35. The van der Waals surface area contributed by atoms with Crippen LogP contribution in [0.5, 0.6) is 0 Å². The van der Waals surface area contributed by atoms with Crippen molar-refractivity contribution in [3.8, 4) is 0 Å².